The fourth-order valence-corrected chi connectivity index (χ4v) is 5.33. The molecular weight excluding hydrogens is 496 g/mol. The standard InChI is InChI=1S/C30H42N4O5/c1-20(2)27(34-26(36)14-13-21-9-5-3-6-10-21)30(39)33-25(17-22-11-7-4-8-12-22)29(38)32-24(19-35)18-23-15-16-31-28(23)37/h3,5-6,9-10,13-14,19-20,22-25,27H,4,7-8,11-12,15-18H2,1-2H3,(H,31,37)(H,32,38)(H,33,39)(H,34,36)/b14-13+/t23-,24-,25-,27-/m0/s1. The maximum atomic E-state index is 13.4. The summed E-state index contributed by atoms with van der Waals surface area (Å²) in [5.41, 5.74) is 0.863. The summed E-state index contributed by atoms with van der Waals surface area (Å²) in [5, 5.41) is 11.1. The third-order valence-corrected chi connectivity index (χ3v) is 7.59. The molecule has 4 N–H and O–H groups in total. The zero-order valence-electron chi connectivity index (χ0n) is 23.0. The Hall–Kier alpha value is -3.49. The van der Waals surface area contributed by atoms with Gasteiger partial charge in [0.25, 0.3) is 0 Å². The summed E-state index contributed by atoms with van der Waals surface area (Å²) < 4.78 is 0. The highest BCUT2D eigenvalue weighted by Gasteiger charge is 2.33. The van der Waals surface area contributed by atoms with Crippen LogP contribution in [0.5, 0.6) is 0 Å². The number of nitrogens with one attached hydrogen (secondary N) is 4. The van der Waals surface area contributed by atoms with Gasteiger partial charge < -0.3 is 26.1 Å². The topological polar surface area (TPSA) is 133 Å². The lowest BCUT2D eigenvalue weighted by molar-refractivity contribution is -0.133. The van der Waals surface area contributed by atoms with E-state index in [-0.39, 0.29) is 30.1 Å². The van der Waals surface area contributed by atoms with Gasteiger partial charge in [0, 0.05) is 18.5 Å². The van der Waals surface area contributed by atoms with Crippen molar-refractivity contribution in [1.29, 1.82) is 0 Å². The van der Waals surface area contributed by atoms with E-state index in [0.29, 0.717) is 25.7 Å². The Balaban J connectivity index is 1.67. The van der Waals surface area contributed by atoms with Crippen LogP contribution in [0.1, 0.15) is 70.8 Å². The van der Waals surface area contributed by atoms with Crippen molar-refractivity contribution >= 4 is 36.0 Å². The van der Waals surface area contributed by atoms with E-state index < -0.39 is 35.8 Å². The van der Waals surface area contributed by atoms with Crippen LogP contribution in [0.4, 0.5) is 0 Å². The molecule has 1 aliphatic carbocycles. The van der Waals surface area contributed by atoms with Gasteiger partial charge in [-0.3, -0.25) is 19.2 Å². The largest absolute Gasteiger partial charge is 0.356 e. The maximum absolute atomic E-state index is 13.4. The smallest absolute Gasteiger partial charge is 0.244 e. The Kier molecular flexibility index (Phi) is 11.7. The minimum atomic E-state index is -0.849. The molecule has 0 aromatic heterocycles. The fraction of sp³-hybridized carbons (Fsp3) is 0.567. The number of carbonyl (C=O) groups is 5. The van der Waals surface area contributed by atoms with Gasteiger partial charge in [-0.2, -0.15) is 0 Å². The van der Waals surface area contributed by atoms with Crippen LogP contribution in [-0.2, 0) is 24.0 Å². The van der Waals surface area contributed by atoms with Crippen LogP contribution < -0.4 is 21.3 Å². The number of benzene rings is 1. The van der Waals surface area contributed by atoms with Gasteiger partial charge >= 0.3 is 0 Å². The molecule has 2 fully saturated rings. The van der Waals surface area contributed by atoms with Crippen molar-refractivity contribution < 1.29 is 24.0 Å². The third-order valence-electron chi connectivity index (χ3n) is 7.59. The van der Waals surface area contributed by atoms with Gasteiger partial charge in [-0.1, -0.05) is 76.3 Å². The van der Waals surface area contributed by atoms with Gasteiger partial charge in [-0.15, -0.1) is 0 Å². The molecule has 1 saturated heterocycles. The van der Waals surface area contributed by atoms with Gasteiger partial charge in [-0.05, 0) is 42.7 Å². The van der Waals surface area contributed by atoms with E-state index in [9.17, 15) is 24.0 Å². The molecule has 1 aliphatic heterocycles. The Morgan fingerprint density at radius 1 is 0.949 bits per heavy atom. The molecule has 1 heterocycles. The lowest BCUT2D eigenvalue weighted by Gasteiger charge is -2.29. The van der Waals surface area contributed by atoms with Gasteiger partial charge in [0.15, 0.2) is 0 Å². The Morgan fingerprint density at radius 3 is 2.28 bits per heavy atom. The summed E-state index contributed by atoms with van der Waals surface area (Å²) in [7, 11) is 0. The molecule has 9 heteroatoms. The van der Waals surface area contributed by atoms with E-state index in [2.05, 4.69) is 21.3 Å². The second-order valence-electron chi connectivity index (χ2n) is 11.0. The van der Waals surface area contributed by atoms with Crippen LogP contribution in [0.15, 0.2) is 36.4 Å². The Morgan fingerprint density at radius 2 is 1.67 bits per heavy atom. The molecular formula is C30H42N4O5. The Labute approximate surface area is 230 Å². The normalized spacial score (nSPS) is 20.2. The van der Waals surface area contributed by atoms with Crippen LogP contribution in [-0.4, -0.2) is 54.6 Å². The fourth-order valence-electron chi connectivity index (χ4n) is 5.33. The number of hydrogen-bond donors (Lipinski definition) is 4. The van der Waals surface area contributed by atoms with Crippen LogP contribution >= 0.6 is 0 Å². The van der Waals surface area contributed by atoms with Crippen LogP contribution in [0.3, 0.4) is 0 Å². The van der Waals surface area contributed by atoms with Gasteiger partial charge in [0.1, 0.15) is 18.4 Å². The first-order valence-corrected chi connectivity index (χ1v) is 14.1. The predicted octanol–water partition coefficient (Wildman–Crippen LogP) is 2.51. The first kappa shape index (κ1) is 30.1. The predicted molar refractivity (Wildman–Crippen MR) is 149 cm³/mol. The van der Waals surface area contributed by atoms with Gasteiger partial charge in [0.05, 0.1) is 6.04 Å². The van der Waals surface area contributed by atoms with Crippen molar-refractivity contribution in [3.8, 4) is 0 Å². The molecule has 39 heavy (non-hydrogen) atoms. The van der Waals surface area contributed by atoms with Crippen LogP contribution in [0.25, 0.3) is 6.08 Å². The minimum absolute atomic E-state index is 0.111. The number of hydrogen-bond acceptors (Lipinski definition) is 5. The number of rotatable bonds is 13. The van der Waals surface area contributed by atoms with E-state index in [1.807, 2.05) is 44.2 Å². The van der Waals surface area contributed by atoms with Gasteiger partial charge in [0.2, 0.25) is 23.6 Å². The van der Waals surface area contributed by atoms with Crippen LogP contribution in [0, 0.1) is 17.8 Å². The molecule has 212 valence electrons. The summed E-state index contributed by atoms with van der Waals surface area (Å²) in [6.45, 7) is 4.22. The van der Waals surface area contributed by atoms with Crippen molar-refractivity contribution in [2.75, 3.05) is 6.54 Å². The van der Waals surface area contributed by atoms with Crippen molar-refractivity contribution in [2.45, 2.75) is 83.3 Å². The average Bonchev–Trinajstić information content (AvgIpc) is 3.34. The second kappa shape index (κ2) is 15.2. The maximum Gasteiger partial charge on any atom is 0.244 e. The molecule has 3 rings (SSSR count). The molecule has 9 nitrogen and oxygen atoms in total. The Bertz CT molecular complexity index is 1020. The average molecular weight is 539 g/mol. The number of aldehydes is 1. The highest BCUT2D eigenvalue weighted by molar-refractivity contribution is 5.97. The quantitative estimate of drug-likeness (QED) is 0.226. The van der Waals surface area contributed by atoms with Gasteiger partial charge in [-0.25, -0.2) is 0 Å². The van der Waals surface area contributed by atoms with Crippen molar-refractivity contribution in [3.63, 3.8) is 0 Å². The lowest BCUT2D eigenvalue weighted by Crippen LogP contribution is -2.56. The van der Waals surface area contributed by atoms with E-state index in [4.69, 9.17) is 0 Å². The van der Waals surface area contributed by atoms with E-state index in [1.165, 1.54) is 6.08 Å². The molecule has 0 bridgehead atoms. The van der Waals surface area contributed by atoms with E-state index in [0.717, 1.165) is 37.7 Å². The summed E-state index contributed by atoms with van der Waals surface area (Å²) in [6.07, 6.45) is 10.3. The molecule has 1 saturated carbocycles. The zero-order valence-corrected chi connectivity index (χ0v) is 23.0. The van der Waals surface area contributed by atoms with Crippen molar-refractivity contribution in [2.24, 2.45) is 17.8 Å². The highest BCUT2D eigenvalue weighted by Crippen LogP contribution is 2.27. The molecule has 1 aromatic rings. The summed E-state index contributed by atoms with van der Waals surface area (Å²) in [5.74, 6) is -1.66. The molecule has 0 unspecified atom stereocenters. The lowest BCUT2D eigenvalue weighted by atomic mass is 9.84. The summed E-state index contributed by atoms with van der Waals surface area (Å²) in [6, 6.07) is 6.86. The highest BCUT2D eigenvalue weighted by atomic mass is 16.2. The van der Waals surface area contributed by atoms with Crippen molar-refractivity contribution in [3.05, 3.63) is 42.0 Å². The molecule has 2 aliphatic rings. The van der Waals surface area contributed by atoms with E-state index in [1.54, 1.807) is 6.08 Å². The van der Waals surface area contributed by atoms with E-state index >= 15 is 0 Å². The molecule has 4 amide bonds. The van der Waals surface area contributed by atoms with Crippen LogP contribution in [0.2, 0.25) is 0 Å². The molecule has 4 atom stereocenters. The van der Waals surface area contributed by atoms with Crippen molar-refractivity contribution in [1.82, 2.24) is 21.3 Å². The zero-order chi connectivity index (χ0) is 28.2. The third kappa shape index (κ3) is 9.64. The summed E-state index contributed by atoms with van der Waals surface area (Å²) >= 11 is 0. The number of amides is 4. The molecule has 1 aromatic carbocycles. The summed E-state index contributed by atoms with van der Waals surface area (Å²) in [4.78, 5) is 63.1. The second-order valence-corrected chi connectivity index (χ2v) is 11.0. The molecule has 0 spiro atoms. The minimum Gasteiger partial charge on any atom is -0.356 e. The monoisotopic (exact) mass is 538 g/mol. The first-order chi connectivity index (χ1) is 18.8. The SMILES string of the molecule is CC(C)[C@H](NC(=O)/C=C/c1ccccc1)C(=O)N[C@@H](CC1CCCCC1)C(=O)N[C@H](C=O)C[C@@H]1CCNC1=O. The first-order valence-electron chi connectivity index (χ1n) is 14.1. The molecule has 0 radical (unpaired) electrons. The number of carbonyl (C=O) groups excluding carboxylic acids is 5.